The van der Waals surface area contributed by atoms with Gasteiger partial charge in [0.2, 0.25) is 0 Å². The molecule has 0 amide bonds. The molecular weight excluding hydrogens is 224 g/mol. The molecule has 1 aromatic carbocycles. The van der Waals surface area contributed by atoms with Gasteiger partial charge in [-0.05, 0) is 50.7 Å². The molecule has 1 aromatic rings. The quantitative estimate of drug-likeness (QED) is 0.755. The van der Waals surface area contributed by atoms with Gasteiger partial charge in [0.15, 0.2) is 0 Å². The molecule has 0 bridgehead atoms. The van der Waals surface area contributed by atoms with Crippen LogP contribution in [-0.2, 0) is 0 Å². The monoisotopic (exact) mass is 246 g/mol. The topological polar surface area (TPSA) is 29.5 Å². The van der Waals surface area contributed by atoms with Crippen LogP contribution in [0.1, 0.15) is 56.3 Å². The Hall–Kier alpha value is -1.02. The van der Waals surface area contributed by atoms with E-state index in [2.05, 4.69) is 26.0 Å². The van der Waals surface area contributed by atoms with E-state index in [1.807, 2.05) is 6.07 Å². The van der Waals surface area contributed by atoms with Crippen molar-refractivity contribution in [2.75, 3.05) is 0 Å². The van der Waals surface area contributed by atoms with E-state index in [1.165, 1.54) is 18.4 Å². The van der Waals surface area contributed by atoms with Crippen molar-refractivity contribution in [3.63, 3.8) is 0 Å². The van der Waals surface area contributed by atoms with E-state index >= 15 is 0 Å². The maximum atomic E-state index is 10.4. The minimum atomic E-state index is -0.359. The van der Waals surface area contributed by atoms with Crippen LogP contribution in [0.15, 0.2) is 18.2 Å². The molecule has 2 nitrogen and oxygen atoms in total. The van der Waals surface area contributed by atoms with Crippen molar-refractivity contribution in [1.82, 2.24) is 0 Å². The van der Waals surface area contributed by atoms with Gasteiger partial charge in [-0.1, -0.05) is 18.6 Å². The predicted molar refractivity (Wildman–Crippen MR) is 71.7 cm³/mol. The first-order valence-corrected chi connectivity index (χ1v) is 7.06. The smallest absolute Gasteiger partial charge is 0.125 e. The minimum absolute atomic E-state index is 0.103. The third-order valence-corrected chi connectivity index (χ3v) is 4.60. The molecule has 1 atom stereocenters. The van der Waals surface area contributed by atoms with Crippen LogP contribution in [0, 0.1) is 12.8 Å². The largest absolute Gasteiger partial charge is 0.487 e. The first-order chi connectivity index (χ1) is 8.58. The Balaban J connectivity index is 1.89. The van der Waals surface area contributed by atoms with Gasteiger partial charge in [0.05, 0.1) is 6.10 Å². The van der Waals surface area contributed by atoms with Gasteiger partial charge >= 0.3 is 0 Å². The Morgan fingerprint density at radius 1 is 1.28 bits per heavy atom. The van der Waals surface area contributed by atoms with Crippen molar-refractivity contribution in [1.29, 1.82) is 0 Å². The van der Waals surface area contributed by atoms with Crippen LogP contribution in [0.3, 0.4) is 0 Å². The lowest BCUT2D eigenvalue weighted by atomic mass is 9.74. The van der Waals surface area contributed by atoms with Crippen LogP contribution in [0.2, 0.25) is 0 Å². The van der Waals surface area contributed by atoms with Crippen LogP contribution in [0.4, 0.5) is 0 Å². The zero-order valence-electron chi connectivity index (χ0n) is 11.3. The summed E-state index contributed by atoms with van der Waals surface area (Å²) in [4.78, 5) is 0. The Labute approximate surface area is 109 Å². The van der Waals surface area contributed by atoms with Gasteiger partial charge in [0.25, 0.3) is 0 Å². The highest BCUT2D eigenvalue weighted by Gasteiger charge is 2.42. The molecule has 1 saturated carbocycles. The molecule has 1 aliphatic heterocycles. The average molecular weight is 246 g/mol. The fraction of sp³-hybridized carbons (Fsp3) is 0.625. The van der Waals surface area contributed by atoms with E-state index < -0.39 is 0 Å². The van der Waals surface area contributed by atoms with E-state index in [0.717, 1.165) is 36.5 Å². The lowest BCUT2D eigenvalue weighted by molar-refractivity contribution is -0.0454. The summed E-state index contributed by atoms with van der Waals surface area (Å²) in [6.45, 7) is 4.36. The second-order valence-electron chi connectivity index (χ2n) is 6.23. The van der Waals surface area contributed by atoms with Crippen LogP contribution >= 0.6 is 0 Å². The number of rotatable bonds is 0. The second-order valence-corrected chi connectivity index (χ2v) is 6.23. The van der Waals surface area contributed by atoms with Crippen molar-refractivity contribution in [2.45, 2.75) is 57.7 Å². The summed E-state index contributed by atoms with van der Waals surface area (Å²) >= 11 is 0. The number of ether oxygens (including phenoxy) is 1. The molecule has 0 aromatic heterocycles. The number of aryl methyl sites for hydroxylation is 1. The molecule has 2 aliphatic rings. The Kier molecular flexibility index (Phi) is 2.86. The maximum Gasteiger partial charge on any atom is 0.125 e. The van der Waals surface area contributed by atoms with Crippen molar-refractivity contribution in [3.8, 4) is 5.75 Å². The summed E-state index contributed by atoms with van der Waals surface area (Å²) in [6, 6.07) is 6.14. The highest BCUT2D eigenvalue weighted by atomic mass is 16.5. The highest BCUT2D eigenvalue weighted by molar-refractivity contribution is 5.41. The van der Waals surface area contributed by atoms with E-state index in [4.69, 9.17) is 4.74 Å². The maximum absolute atomic E-state index is 10.4. The van der Waals surface area contributed by atoms with Gasteiger partial charge in [-0.25, -0.2) is 0 Å². The van der Waals surface area contributed by atoms with Gasteiger partial charge in [-0.15, -0.1) is 0 Å². The molecule has 98 valence electrons. The molecule has 1 N–H and O–H groups in total. The van der Waals surface area contributed by atoms with Crippen molar-refractivity contribution in [3.05, 3.63) is 29.3 Å². The molecule has 2 heteroatoms. The molecule has 0 unspecified atom stereocenters. The number of aliphatic hydroxyl groups excluding tert-OH is 1. The zero-order valence-corrected chi connectivity index (χ0v) is 11.3. The van der Waals surface area contributed by atoms with Gasteiger partial charge in [-0.3, -0.25) is 0 Å². The number of aliphatic hydroxyl groups is 1. The van der Waals surface area contributed by atoms with Crippen LogP contribution in [-0.4, -0.2) is 10.7 Å². The Bertz CT molecular complexity index is 444. The Morgan fingerprint density at radius 2 is 2.00 bits per heavy atom. The fourth-order valence-electron chi connectivity index (χ4n) is 3.35. The van der Waals surface area contributed by atoms with Gasteiger partial charge in [0, 0.05) is 12.0 Å². The summed E-state index contributed by atoms with van der Waals surface area (Å²) < 4.78 is 6.27. The minimum Gasteiger partial charge on any atom is -0.487 e. The zero-order chi connectivity index (χ0) is 12.8. The van der Waals surface area contributed by atoms with Gasteiger partial charge < -0.3 is 9.84 Å². The van der Waals surface area contributed by atoms with Crippen molar-refractivity contribution >= 4 is 0 Å². The first kappa shape index (κ1) is 12.0. The summed E-state index contributed by atoms with van der Waals surface area (Å²) in [7, 11) is 0. The van der Waals surface area contributed by atoms with Crippen LogP contribution < -0.4 is 4.74 Å². The number of hydrogen-bond acceptors (Lipinski definition) is 2. The lowest BCUT2D eigenvalue weighted by Gasteiger charge is -2.44. The molecule has 1 spiro atoms. The standard InChI is InChI=1S/C16H22O2/c1-11-5-7-16(8-6-11)10-14(17)13-9-12(2)3-4-15(13)18-16/h3-4,9,11,14,17H,5-8,10H2,1-2H3/t11?,14-,16?/m1/s1. The molecular formula is C16H22O2. The molecule has 1 aliphatic carbocycles. The predicted octanol–water partition coefficient (Wildman–Crippen LogP) is 3.76. The van der Waals surface area contributed by atoms with Crippen molar-refractivity contribution < 1.29 is 9.84 Å². The number of benzene rings is 1. The van der Waals surface area contributed by atoms with Crippen LogP contribution in [0.5, 0.6) is 5.75 Å². The van der Waals surface area contributed by atoms with Gasteiger partial charge in [-0.2, -0.15) is 0 Å². The molecule has 1 fully saturated rings. The summed E-state index contributed by atoms with van der Waals surface area (Å²) in [5.74, 6) is 1.70. The third-order valence-electron chi connectivity index (χ3n) is 4.60. The fourth-order valence-corrected chi connectivity index (χ4v) is 3.35. The number of fused-ring (bicyclic) bond motifs is 1. The van der Waals surface area contributed by atoms with E-state index in [1.54, 1.807) is 0 Å². The van der Waals surface area contributed by atoms with Crippen molar-refractivity contribution in [2.24, 2.45) is 5.92 Å². The SMILES string of the molecule is Cc1ccc2c(c1)[C@H](O)CC1(CCC(C)CC1)O2. The number of hydrogen-bond donors (Lipinski definition) is 1. The lowest BCUT2D eigenvalue weighted by Crippen LogP contribution is -2.43. The third kappa shape index (κ3) is 2.03. The average Bonchev–Trinajstić information content (AvgIpc) is 2.35. The van der Waals surface area contributed by atoms with Gasteiger partial charge in [0.1, 0.15) is 11.4 Å². The summed E-state index contributed by atoms with van der Waals surface area (Å²) in [6.07, 6.45) is 5.00. The highest BCUT2D eigenvalue weighted by Crippen LogP contribution is 2.47. The van der Waals surface area contributed by atoms with Crippen LogP contribution in [0.25, 0.3) is 0 Å². The molecule has 18 heavy (non-hydrogen) atoms. The Morgan fingerprint density at radius 3 is 2.72 bits per heavy atom. The van der Waals surface area contributed by atoms with E-state index in [-0.39, 0.29) is 11.7 Å². The summed E-state index contributed by atoms with van der Waals surface area (Å²) in [5.41, 5.74) is 2.05. The first-order valence-electron chi connectivity index (χ1n) is 7.06. The summed E-state index contributed by atoms with van der Waals surface area (Å²) in [5, 5.41) is 10.4. The molecule has 3 rings (SSSR count). The van der Waals surface area contributed by atoms with E-state index in [9.17, 15) is 5.11 Å². The molecule has 1 heterocycles. The van der Waals surface area contributed by atoms with E-state index in [0.29, 0.717) is 0 Å². The molecule has 0 radical (unpaired) electrons. The molecule has 0 saturated heterocycles. The normalized spacial score (nSPS) is 35.1. The second kappa shape index (κ2) is 4.27.